The van der Waals surface area contributed by atoms with Crippen molar-refractivity contribution in [3.63, 3.8) is 0 Å². The molecule has 17 nitrogen and oxygen atoms in total. The minimum atomic E-state index is -1.86. The first-order chi connectivity index (χ1) is 24.4. The smallest absolute Gasteiger partial charge is 0.409 e. The van der Waals surface area contributed by atoms with E-state index in [9.17, 15) is 39.6 Å². The SMILES string of the molecule is CN(C)C(=O)OCc1cc(CCCOCCOCCOCCNC(=O)CCCCCNC(=O)CI)ccc1OC1O[C@H](C(=O)O)[C@@H](O)[C@H](O)[C@H]1O. The van der Waals surface area contributed by atoms with Gasteiger partial charge in [0.15, 0.2) is 6.10 Å². The topological polar surface area (TPSA) is 232 Å². The van der Waals surface area contributed by atoms with Crippen LogP contribution in [0.5, 0.6) is 5.75 Å². The molecule has 0 aromatic heterocycles. The number of nitrogens with one attached hydrogen (secondary N) is 2. The molecule has 0 aliphatic carbocycles. The zero-order valence-corrected chi connectivity index (χ0v) is 31.3. The van der Waals surface area contributed by atoms with Crippen LogP contribution in [0.15, 0.2) is 18.2 Å². The first-order valence-corrected chi connectivity index (χ1v) is 18.3. The maximum absolute atomic E-state index is 12.1. The Morgan fingerprint density at radius 2 is 1.49 bits per heavy atom. The molecule has 0 bridgehead atoms. The van der Waals surface area contributed by atoms with Crippen LogP contribution in [0.3, 0.4) is 0 Å². The van der Waals surface area contributed by atoms with Crippen LogP contribution in [-0.2, 0) is 51.1 Å². The summed E-state index contributed by atoms with van der Waals surface area (Å²) in [7, 11) is 3.05. The van der Waals surface area contributed by atoms with E-state index in [0.717, 1.165) is 24.8 Å². The molecular weight excluding hydrogens is 789 g/mol. The van der Waals surface area contributed by atoms with E-state index in [1.807, 2.05) is 22.6 Å². The standard InChI is InChI=1S/C33H52IN3O14/c1-37(2)33(45)49-21-23-19-22(9-10-24(23)50-32-29(42)27(40)28(41)30(51-32)31(43)44)7-6-13-46-15-17-48-18-16-47-14-12-36-25(38)8-4-3-5-11-35-26(39)20-34/h9-10,19,27-30,32,40-42H,3-8,11-18,20-21H2,1-2H3,(H,35,39)(H,36,38)(H,43,44)/t27-,28-,29+,30-,32?/m0/s1. The minimum Gasteiger partial charge on any atom is -0.479 e. The number of aryl methyl sites for hydroxylation is 1. The summed E-state index contributed by atoms with van der Waals surface area (Å²) in [5.74, 6) is -1.41. The molecule has 0 spiro atoms. The van der Waals surface area contributed by atoms with Crippen molar-refractivity contribution in [3.05, 3.63) is 29.3 Å². The summed E-state index contributed by atoms with van der Waals surface area (Å²) in [4.78, 5) is 47.8. The highest BCUT2D eigenvalue weighted by atomic mass is 127. The predicted molar refractivity (Wildman–Crippen MR) is 189 cm³/mol. The third-order valence-corrected chi connectivity index (χ3v) is 8.18. The van der Waals surface area contributed by atoms with Gasteiger partial charge >= 0.3 is 12.1 Å². The second-order valence-corrected chi connectivity index (χ2v) is 12.6. The number of hydrogen-bond acceptors (Lipinski definition) is 13. The number of unbranched alkanes of at least 4 members (excludes halogenated alkanes) is 2. The average Bonchev–Trinajstić information content (AvgIpc) is 3.10. The third-order valence-electron chi connectivity index (χ3n) is 7.49. The molecule has 6 N–H and O–H groups in total. The number of aliphatic hydroxyl groups is 3. The number of nitrogens with zero attached hydrogens (tertiary/aromatic N) is 1. The second-order valence-electron chi connectivity index (χ2n) is 11.8. The molecule has 1 saturated heterocycles. The average molecular weight is 842 g/mol. The van der Waals surface area contributed by atoms with Crippen molar-refractivity contribution in [2.75, 3.05) is 71.3 Å². The van der Waals surface area contributed by atoms with Crippen LogP contribution in [0.4, 0.5) is 4.79 Å². The maximum Gasteiger partial charge on any atom is 0.409 e. The van der Waals surface area contributed by atoms with E-state index in [4.69, 9.17) is 28.4 Å². The third kappa shape index (κ3) is 17.5. The highest BCUT2D eigenvalue weighted by Crippen LogP contribution is 2.28. The van der Waals surface area contributed by atoms with Crippen LogP contribution in [0, 0.1) is 0 Å². The Labute approximate surface area is 311 Å². The highest BCUT2D eigenvalue weighted by Gasteiger charge is 2.48. The Bertz CT molecular complexity index is 1210. The van der Waals surface area contributed by atoms with Crippen LogP contribution in [-0.4, -0.2) is 151 Å². The first kappa shape index (κ1) is 44.3. The van der Waals surface area contributed by atoms with Crippen molar-refractivity contribution in [1.82, 2.24) is 15.5 Å². The van der Waals surface area contributed by atoms with E-state index in [0.29, 0.717) is 82.0 Å². The number of carbonyl (C=O) groups excluding carboxylic acids is 3. The fourth-order valence-electron chi connectivity index (χ4n) is 4.69. The van der Waals surface area contributed by atoms with Crippen molar-refractivity contribution < 1.29 is 68.0 Å². The Hall–Kier alpha value is -2.85. The number of carboxylic acid groups (broad SMARTS) is 1. The number of alkyl halides is 1. The molecule has 1 aromatic rings. The largest absolute Gasteiger partial charge is 0.479 e. The summed E-state index contributed by atoms with van der Waals surface area (Å²) in [5, 5.41) is 45.4. The summed E-state index contributed by atoms with van der Waals surface area (Å²) >= 11 is 2.01. The van der Waals surface area contributed by atoms with Gasteiger partial charge in [-0.05, 0) is 43.4 Å². The van der Waals surface area contributed by atoms with Gasteiger partial charge < -0.3 is 64.4 Å². The normalized spacial score (nSPS) is 20.0. The zero-order valence-electron chi connectivity index (χ0n) is 29.1. The van der Waals surface area contributed by atoms with E-state index < -0.39 is 42.8 Å². The quantitative estimate of drug-likeness (QED) is 0.0444. The van der Waals surface area contributed by atoms with Crippen LogP contribution >= 0.6 is 22.6 Å². The summed E-state index contributed by atoms with van der Waals surface area (Å²) in [6, 6.07) is 5.04. The van der Waals surface area contributed by atoms with Gasteiger partial charge in [0.2, 0.25) is 18.1 Å². The molecule has 1 aliphatic heterocycles. The van der Waals surface area contributed by atoms with Gasteiger partial charge in [0.25, 0.3) is 0 Å². The van der Waals surface area contributed by atoms with E-state index in [-0.39, 0.29) is 24.2 Å². The predicted octanol–water partition coefficient (Wildman–Crippen LogP) is 0.366. The van der Waals surface area contributed by atoms with Gasteiger partial charge in [-0.2, -0.15) is 0 Å². The zero-order chi connectivity index (χ0) is 37.6. The van der Waals surface area contributed by atoms with Crippen molar-refractivity contribution in [3.8, 4) is 5.75 Å². The summed E-state index contributed by atoms with van der Waals surface area (Å²) in [6.45, 7) is 3.25. The van der Waals surface area contributed by atoms with Crippen LogP contribution in [0.2, 0.25) is 0 Å². The number of halogens is 1. The van der Waals surface area contributed by atoms with Crippen LogP contribution < -0.4 is 15.4 Å². The lowest BCUT2D eigenvalue weighted by molar-refractivity contribution is -0.271. The number of carboxylic acids is 1. The number of ether oxygens (including phenoxy) is 6. The van der Waals surface area contributed by atoms with Gasteiger partial charge in [-0.15, -0.1) is 0 Å². The van der Waals surface area contributed by atoms with Crippen molar-refractivity contribution in [1.29, 1.82) is 0 Å². The molecule has 1 fully saturated rings. The lowest BCUT2D eigenvalue weighted by atomic mass is 9.99. The van der Waals surface area contributed by atoms with E-state index in [1.165, 1.54) is 19.0 Å². The molecule has 0 saturated carbocycles. The molecular formula is C33H52IN3O14. The fraction of sp³-hybridized carbons (Fsp3) is 0.697. The van der Waals surface area contributed by atoms with Crippen LogP contribution in [0.1, 0.15) is 43.2 Å². The van der Waals surface area contributed by atoms with Crippen LogP contribution in [0.25, 0.3) is 0 Å². The Balaban J connectivity index is 1.63. The van der Waals surface area contributed by atoms with Gasteiger partial charge in [-0.25, -0.2) is 9.59 Å². The van der Waals surface area contributed by atoms with E-state index in [1.54, 1.807) is 18.2 Å². The number of amides is 3. The molecule has 5 atom stereocenters. The summed E-state index contributed by atoms with van der Waals surface area (Å²) in [5.41, 5.74) is 1.27. The van der Waals surface area contributed by atoms with Crippen molar-refractivity contribution >= 4 is 46.5 Å². The number of carbonyl (C=O) groups is 4. The van der Waals surface area contributed by atoms with Gasteiger partial charge in [0.05, 0.1) is 37.5 Å². The molecule has 1 unspecified atom stereocenters. The van der Waals surface area contributed by atoms with Gasteiger partial charge in [0.1, 0.15) is 30.7 Å². The number of rotatable bonds is 25. The van der Waals surface area contributed by atoms with Gasteiger partial charge in [-0.3, -0.25) is 9.59 Å². The monoisotopic (exact) mass is 841 g/mol. The lowest BCUT2D eigenvalue weighted by Gasteiger charge is -2.38. The number of hydrogen-bond donors (Lipinski definition) is 6. The molecule has 0 radical (unpaired) electrons. The minimum absolute atomic E-state index is 0.0215. The maximum atomic E-state index is 12.1. The Morgan fingerprint density at radius 3 is 2.16 bits per heavy atom. The highest BCUT2D eigenvalue weighted by molar-refractivity contribution is 14.1. The van der Waals surface area contributed by atoms with Gasteiger partial charge in [0, 0.05) is 45.8 Å². The molecule has 1 aromatic carbocycles. The molecule has 2 rings (SSSR count). The number of aliphatic carboxylic acids is 1. The fourth-order valence-corrected chi connectivity index (χ4v) is 4.96. The Kier molecular flexibility index (Phi) is 21.9. The number of benzene rings is 1. The van der Waals surface area contributed by atoms with Gasteiger partial charge in [-0.1, -0.05) is 35.1 Å². The first-order valence-electron chi connectivity index (χ1n) is 16.8. The van der Waals surface area contributed by atoms with E-state index >= 15 is 0 Å². The molecule has 1 heterocycles. The molecule has 3 amide bonds. The molecule has 18 heteroatoms. The van der Waals surface area contributed by atoms with Crippen molar-refractivity contribution in [2.24, 2.45) is 0 Å². The Morgan fingerprint density at radius 1 is 0.824 bits per heavy atom. The van der Waals surface area contributed by atoms with E-state index in [2.05, 4.69) is 10.6 Å². The molecule has 1 aliphatic rings. The lowest BCUT2D eigenvalue weighted by Crippen LogP contribution is -2.61. The molecule has 51 heavy (non-hydrogen) atoms. The number of aliphatic hydroxyl groups excluding tert-OH is 3. The second kappa shape index (κ2) is 25.2. The van der Waals surface area contributed by atoms with Crippen molar-refractivity contribution in [2.45, 2.75) is 75.8 Å². The summed E-state index contributed by atoms with van der Waals surface area (Å²) < 4.78 is 33.3. The summed E-state index contributed by atoms with van der Waals surface area (Å²) in [6.07, 6.45) is -5.28. The molecule has 290 valence electrons.